The number of carbonyl (C=O) groups is 3. The smallest absolute Gasteiger partial charge is 0.344 e. The molecule has 2 N–H and O–H groups in total. The standard InChI is InChI=1S/C27H34IN3O7/c1-6-36-25(33)16-38-26-20(28)12-19(13-23(26)35-5)14-29-31-27(34)21(11-17(2)3)30-24(32)15-37-22-10-8-7-9-18(22)4/h7-10,12-14,17,21H,6,11,15-16H2,1-5H3,(H,30,32)(H,31,34)/b29-14-/t21-/m1/s1. The predicted octanol–water partition coefficient (Wildman–Crippen LogP) is 3.61. The second-order valence-electron chi connectivity index (χ2n) is 8.67. The average Bonchev–Trinajstić information content (AvgIpc) is 2.86. The summed E-state index contributed by atoms with van der Waals surface area (Å²) in [6, 6.07) is 10.0. The number of nitrogens with one attached hydrogen (secondary N) is 2. The molecule has 0 aliphatic rings. The summed E-state index contributed by atoms with van der Waals surface area (Å²) in [6.07, 6.45) is 1.88. The first-order valence-electron chi connectivity index (χ1n) is 12.1. The van der Waals surface area contributed by atoms with Crippen LogP contribution in [0.1, 0.15) is 38.3 Å². The first kappa shape index (κ1) is 30.9. The molecule has 0 unspecified atom stereocenters. The lowest BCUT2D eigenvalue weighted by Crippen LogP contribution is -2.47. The number of halogens is 1. The minimum absolute atomic E-state index is 0.153. The number of methoxy groups -OCH3 is 1. The van der Waals surface area contributed by atoms with E-state index in [4.69, 9.17) is 18.9 Å². The molecule has 2 amide bonds. The molecule has 38 heavy (non-hydrogen) atoms. The lowest BCUT2D eigenvalue weighted by molar-refractivity contribution is -0.145. The molecule has 11 heteroatoms. The number of amides is 2. The highest BCUT2D eigenvalue weighted by molar-refractivity contribution is 14.1. The summed E-state index contributed by atoms with van der Waals surface area (Å²) in [6.45, 7) is 7.33. The van der Waals surface area contributed by atoms with E-state index in [0.717, 1.165) is 5.56 Å². The van der Waals surface area contributed by atoms with Gasteiger partial charge in [0, 0.05) is 0 Å². The van der Waals surface area contributed by atoms with Crippen LogP contribution in [-0.2, 0) is 19.1 Å². The van der Waals surface area contributed by atoms with Crippen molar-refractivity contribution < 1.29 is 33.3 Å². The molecular formula is C27H34IN3O7. The Morgan fingerprint density at radius 1 is 1.08 bits per heavy atom. The Morgan fingerprint density at radius 3 is 2.47 bits per heavy atom. The normalized spacial score (nSPS) is 11.7. The van der Waals surface area contributed by atoms with Crippen LogP contribution in [0.25, 0.3) is 0 Å². The third-order valence-corrected chi connectivity index (χ3v) is 5.89. The van der Waals surface area contributed by atoms with E-state index in [2.05, 4.69) is 38.4 Å². The van der Waals surface area contributed by atoms with Gasteiger partial charge < -0.3 is 24.3 Å². The van der Waals surface area contributed by atoms with E-state index in [9.17, 15) is 14.4 Å². The molecule has 0 saturated carbocycles. The Morgan fingerprint density at radius 2 is 1.82 bits per heavy atom. The van der Waals surface area contributed by atoms with Gasteiger partial charge >= 0.3 is 5.97 Å². The summed E-state index contributed by atoms with van der Waals surface area (Å²) in [5.41, 5.74) is 4.03. The van der Waals surface area contributed by atoms with Crippen molar-refractivity contribution in [2.24, 2.45) is 11.0 Å². The van der Waals surface area contributed by atoms with Gasteiger partial charge in [0.05, 0.1) is 23.5 Å². The van der Waals surface area contributed by atoms with Crippen LogP contribution in [0.2, 0.25) is 0 Å². The van der Waals surface area contributed by atoms with Gasteiger partial charge in [-0.3, -0.25) is 9.59 Å². The number of ether oxygens (including phenoxy) is 4. The number of esters is 1. The Hall–Kier alpha value is -3.35. The fraction of sp³-hybridized carbons (Fsp3) is 0.407. The minimum atomic E-state index is -0.784. The number of hydrazone groups is 1. The third kappa shape index (κ3) is 10.2. The summed E-state index contributed by atoms with van der Waals surface area (Å²) >= 11 is 2.05. The van der Waals surface area contributed by atoms with Crippen LogP contribution in [-0.4, -0.2) is 57.0 Å². The number of benzene rings is 2. The third-order valence-electron chi connectivity index (χ3n) is 5.09. The summed E-state index contributed by atoms with van der Waals surface area (Å²) in [4.78, 5) is 36.9. The van der Waals surface area contributed by atoms with Crippen LogP contribution < -0.4 is 25.0 Å². The van der Waals surface area contributed by atoms with Gasteiger partial charge in [0.25, 0.3) is 11.8 Å². The zero-order valence-electron chi connectivity index (χ0n) is 22.2. The number of rotatable bonds is 14. The molecule has 0 spiro atoms. The number of nitrogens with zero attached hydrogens (tertiary/aromatic N) is 1. The molecule has 2 aromatic carbocycles. The maximum atomic E-state index is 12.8. The van der Waals surface area contributed by atoms with Crippen molar-refractivity contribution in [3.8, 4) is 17.2 Å². The highest BCUT2D eigenvalue weighted by atomic mass is 127. The highest BCUT2D eigenvalue weighted by Gasteiger charge is 2.22. The van der Waals surface area contributed by atoms with Crippen LogP contribution in [0.3, 0.4) is 0 Å². The van der Waals surface area contributed by atoms with Crippen LogP contribution in [0.5, 0.6) is 17.2 Å². The molecule has 0 radical (unpaired) electrons. The van der Waals surface area contributed by atoms with Crippen LogP contribution in [0.4, 0.5) is 0 Å². The van der Waals surface area contributed by atoms with E-state index in [-0.39, 0.29) is 25.7 Å². The summed E-state index contributed by atoms with van der Waals surface area (Å²) in [5.74, 6) is 0.219. The lowest BCUT2D eigenvalue weighted by Gasteiger charge is -2.19. The van der Waals surface area contributed by atoms with E-state index in [0.29, 0.717) is 32.8 Å². The van der Waals surface area contributed by atoms with Crippen LogP contribution in [0, 0.1) is 16.4 Å². The number of carbonyl (C=O) groups excluding carboxylic acids is 3. The van der Waals surface area contributed by atoms with E-state index in [1.807, 2.05) is 39.0 Å². The molecule has 0 heterocycles. The number of para-hydroxylation sites is 1. The molecule has 2 rings (SSSR count). The van der Waals surface area contributed by atoms with Crippen molar-refractivity contribution in [2.45, 2.75) is 40.2 Å². The molecule has 206 valence electrons. The zero-order valence-corrected chi connectivity index (χ0v) is 24.4. The second-order valence-corrected chi connectivity index (χ2v) is 9.83. The largest absolute Gasteiger partial charge is 0.493 e. The van der Waals surface area contributed by atoms with Crippen molar-refractivity contribution >= 4 is 46.6 Å². The number of hydrogen-bond donors (Lipinski definition) is 2. The predicted molar refractivity (Wildman–Crippen MR) is 152 cm³/mol. The van der Waals surface area contributed by atoms with Gasteiger partial charge in [-0.1, -0.05) is 32.0 Å². The number of hydrogen-bond acceptors (Lipinski definition) is 8. The van der Waals surface area contributed by atoms with Crippen molar-refractivity contribution in [1.29, 1.82) is 0 Å². The van der Waals surface area contributed by atoms with Crippen molar-refractivity contribution in [1.82, 2.24) is 10.7 Å². The van der Waals surface area contributed by atoms with Gasteiger partial charge in [-0.05, 0) is 78.1 Å². The molecule has 0 aromatic heterocycles. The topological polar surface area (TPSA) is 125 Å². The van der Waals surface area contributed by atoms with E-state index >= 15 is 0 Å². The SMILES string of the molecule is CCOC(=O)COc1c(I)cc(/C=N\NC(=O)[C@@H](CC(C)C)NC(=O)COc2ccccc2C)cc1OC. The minimum Gasteiger partial charge on any atom is -0.493 e. The Labute approximate surface area is 236 Å². The number of aryl methyl sites for hydroxylation is 1. The van der Waals surface area contributed by atoms with Gasteiger partial charge in [-0.2, -0.15) is 5.10 Å². The molecule has 0 bridgehead atoms. The molecule has 0 aliphatic carbocycles. The Bertz CT molecular complexity index is 1140. The second kappa shape index (κ2) is 15.8. The Balaban J connectivity index is 2.01. The highest BCUT2D eigenvalue weighted by Crippen LogP contribution is 2.33. The van der Waals surface area contributed by atoms with Crippen molar-refractivity contribution in [3.63, 3.8) is 0 Å². The average molecular weight is 639 g/mol. The molecule has 2 aromatic rings. The molecule has 10 nitrogen and oxygen atoms in total. The van der Waals surface area contributed by atoms with E-state index in [1.54, 1.807) is 25.1 Å². The van der Waals surface area contributed by atoms with Crippen LogP contribution >= 0.6 is 22.6 Å². The monoisotopic (exact) mass is 639 g/mol. The molecular weight excluding hydrogens is 605 g/mol. The van der Waals surface area contributed by atoms with Crippen molar-refractivity contribution in [3.05, 3.63) is 51.1 Å². The van der Waals surface area contributed by atoms with Gasteiger partial charge in [0.15, 0.2) is 24.7 Å². The lowest BCUT2D eigenvalue weighted by atomic mass is 10.0. The summed E-state index contributed by atoms with van der Waals surface area (Å²) in [5, 5.41) is 6.77. The first-order chi connectivity index (χ1) is 18.1. The summed E-state index contributed by atoms with van der Waals surface area (Å²) in [7, 11) is 1.48. The first-order valence-corrected chi connectivity index (χ1v) is 13.2. The van der Waals surface area contributed by atoms with Gasteiger partial charge in [-0.25, -0.2) is 10.2 Å². The van der Waals surface area contributed by atoms with Gasteiger partial charge in [0.1, 0.15) is 11.8 Å². The quantitative estimate of drug-likeness (QED) is 0.140. The van der Waals surface area contributed by atoms with E-state index in [1.165, 1.54) is 13.3 Å². The van der Waals surface area contributed by atoms with Crippen molar-refractivity contribution in [2.75, 3.05) is 26.9 Å². The summed E-state index contributed by atoms with van der Waals surface area (Å²) < 4.78 is 22.1. The molecule has 0 fully saturated rings. The van der Waals surface area contributed by atoms with Gasteiger partial charge in [-0.15, -0.1) is 0 Å². The molecule has 0 aliphatic heterocycles. The maximum Gasteiger partial charge on any atom is 0.344 e. The molecule has 1 atom stereocenters. The van der Waals surface area contributed by atoms with Gasteiger partial charge in [0.2, 0.25) is 0 Å². The maximum absolute atomic E-state index is 12.8. The molecule has 0 saturated heterocycles. The fourth-order valence-electron chi connectivity index (χ4n) is 3.34. The Kier molecular flexibility index (Phi) is 12.8. The fourth-order valence-corrected chi connectivity index (χ4v) is 4.12. The van der Waals surface area contributed by atoms with Crippen LogP contribution in [0.15, 0.2) is 41.5 Å². The zero-order chi connectivity index (χ0) is 28.1. The van der Waals surface area contributed by atoms with E-state index < -0.39 is 23.8 Å².